The van der Waals surface area contributed by atoms with Crippen molar-refractivity contribution in [1.29, 1.82) is 0 Å². The van der Waals surface area contributed by atoms with E-state index in [-0.39, 0.29) is 34.1 Å². The van der Waals surface area contributed by atoms with Gasteiger partial charge in [0.1, 0.15) is 0 Å². The van der Waals surface area contributed by atoms with Gasteiger partial charge in [-0.25, -0.2) is 0 Å². The summed E-state index contributed by atoms with van der Waals surface area (Å²) < 4.78 is 0. The van der Waals surface area contributed by atoms with Gasteiger partial charge in [-0.05, 0) is 0 Å². The van der Waals surface area contributed by atoms with Gasteiger partial charge >= 0.3 is 0 Å². The molecule has 0 saturated heterocycles. The van der Waals surface area contributed by atoms with E-state index in [1.165, 1.54) is 0 Å². The molecule has 0 aliphatic carbocycles. The van der Waals surface area contributed by atoms with Gasteiger partial charge < -0.3 is 10.2 Å². The molecule has 6 heteroatoms. The van der Waals surface area contributed by atoms with Gasteiger partial charge in [0.05, 0.1) is 0 Å². The van der Waals surface area contributed by atoms with Crippen LogP contribution in [0.4, 0.5) is 0 Å². The predicted molar refractivity (Wildman–Crippen MR) is 36.9 cm³/mol. The van der Waals surface area contributed by atoms with Crippen molar-refractivity contribution in [1.82, 2.24) is 0 Å². The van der Waals surface area contributed by atoms with Crippen molar-refractivity contribution in [3.8, 4) is 0 Å². The number of carboxylic acids is 2. The zero-order valence-corrected chi connectivity index (χ0v) is 8.39. The van der Waals surface area contributed by atoms with E-state index in [0.717, 1.165) is 13.8 Å². The Bertz CT molecular complexity index is 75.3. The second-order valence-corrected chi connectivity index (χ2v) is 1.04. The fourth-order valence-corrected chi connectivity index (χ4v) is 0. The number of rotatable bonds is 0. The Labute approximate surface area is 79.9 Å². The first-order valence-corrected chi connectivity index (χ1v) is 1.86. The Balaban J connectivity index is -0.0000000300. The van der Waals surface area contributed by atoms with E-state index in [1.807, 2.05) is 0 Å². The molecule has 0 rings (SSSR count). The quantitative estimate of drug-likeness (QED) is 0.627. The third-order valence-corrected chi connectivity index (χ3v) is 0. The maximum atomic E-state index is 9.00. The van der Waals surface area contributed by atoms with E-state index in [2.05, 4.69) is 0 Å². The molecular formula is C4H9BrMnO4. The van der Waals surface area contributed by atoms with Crippen LogP contribution < -0.4 is 0 Å². The first-order valence-electron chi connectivity index (χ1n) is 1.86. The Hall–Kier alpha value is -0.0605. The third kappa shape index (κ3) is 104000. The number of aliphatic carboxylic acids is 2. The molecule has 2 N–H and O–H groups in total. The van der Waals surface area contributed by atoms with E-state index >= 15 is 0 Å². The Morgan fingerprint density at radius 2 is 1.00 bits per heavy atom. The van der Waals surface area contributed by atoms with Gasteiger partial charge in [0, 0.05) is 30.9 Å². The van der Waals surface area contributed by atoms with Crippen LogP contribution >= 0.6 is 17.0 Å². The summed E-state index contributed by atoms with van der Waals surface area (Å²) in [5, 5.41) is 14.8. The number of halogens is 1. The summed E-state index contributed by atoms with van der Waals surface area (Å²) in [5.74, 6) is -1.67. The molecule has 0 aromatic carbocycles. The summed E-state index contributed by atoms with van der Waals surface area (Å²) in [6.07, 6.45) is 0. The number of carbonyl (C=O) groups is 2. The molecule has 0 saturated carbocycles. The van der Waals surface area contributed by atoms with Gasteiger partial charge in [0.2, 0.25) is 0 Å². The van der Waals surface area contributed by atoms with Crippen LogP contribution in [-0.2, 0) is 26.7 Å². The largest absolute Gasteiger partial charge is 0.481 e. The second-order valence-electron chi connectivity index (χ2n) is 1.04. The Kier molecular flexibility index (Phi) is 36.0. The molecule has 10 heavy (non-hydrogen) atoms. The second kappa shape index (κ2) is 16.0. The SMILES string of the molecule is Br.CC(=O)O.CC(=O)O.[Mn]. The van der Waals surface area contributed by atoms with E-state index in [1.54, 1.807) is 0 Å². The van der Waals surface area contributed by atoms with E-state index in [0.29, 0.717) is 0 Å². The van der Waals surface area contributed by atoms with Crippen LogP contribution in [0.1, 0.15) is 13.8 Å². The zero-order valence-electron chi connectivity index (χ0n) is 5.50. The van der Waals surface area contributed by atoms with Gasteiger partial charge in [-0.1, -0.05) is 0 Å². The molecule has 0 atom stereocenters. The predicted octanol–water partition coefficient (Wildman–Crippen LogP) is 0.757. The normalized spacial score (nSPS) is 5.00. The molecule has 0 aromatic heterocycles. The molecule has 0 unspecified atom stereocenters. The fraction of sp³-hybridized carbons (Fsp3) is 0.500. The first-order chi connectivity index (χ1) is 3.46. The third-order valence-electron chi connectivity index (χ3n) is 0. The minimum Gasteiger partial charge on any atom is -0.481 e. The van der Waals surface area contributed by atoms with Gasteiger partial charge in [0.15, 0.2) is 0 Å². The molecule has 0 heterocycles. The number of carboxylic acid groups (broad SMARTS) is 2. The molecule has 0 aliphatic heterocycles. The van der Waals surface area contributed by atoms with E-state index in [4.69, 9.17) is 19.8 Å². The summed E-state index contributed by atoms with van der Waals surface area (Å²) in [6, 6.07) is 0. The molecule has 4 nitrogen and oxygen atoms in total. The molecule has 0 bridgehead atoms. The smallest absolute Gasteiger partial charge is 0.300 e. The maximum Gasteiger partial charge on any atom is 0.300 e. The number of hydrogen-bond donors (Lipinski definition) is 2. The molecule has 0 amide bonds. The summed E-state index contributed by atoms with van der Waals surface area (Å²) in [4.78, 5) is 18.0. The van der Waals surface area contributed by atoms with Crippen molar-refractivity contribution in [3.05, 3.63) is 0 Å². The first kappa shape index (κ1) is 22.5. The Morgan fingerprint density at radius 1 is 1.00 bits per heavy atom. The van der Waals surface area contributed by atoms with Crippen molar-refractivity contribution in [2.75, 3.05) is 0 Å². The van der Waals surface area contributed by atoms with Crippen LogP contribution in [-0.4, -0.2) is 22.2 Å². The summed E-state index contributed by atoms with van der Waals surface area (Å²) in [5.41, 5.74) is 0. The van der Waals surface area contributed by atoms with Gasteiger partial charge in [-0.15, -0.1) is 17.0 Å². The van der Waals surface area contributed by atoms with Crippen LogP contribution in [0, 0.1) is 0 Å². The summed E-state index contributed by atoms with van der Waals surface area (Å²) in [6.45, 7) is 2.17. The van der Waals surface area contributed by atoms with E-state index in [9.17, 15) is 0 Å². The van der Waals surface area contributed by atoms with Crippen LogP contribution in [0.15, 0.2) is 0 Å². The average molecular weight is 256 g/mol. The van der Waals surface area contributed by atoms with Gasteiger partial charge in [-0.2, -0.15) is 0 Å². The summed E-state index contributed by atoms with van der Waals surface area (Å²) in [7, 11) is 0. The van der Waals surface area contributed by atoms with Crippen molar-refractivity contribution in [2.24, 2.45) is 0 Å². The molecular weight excluding hydrogens is 247 g/mol. The van der Waals surface area contributed by atoms with Crippen molar-refractivity contribution in [2.45, 2.75) is 13.8 Å². The molecule has 0 spiro atoms. The van der Waals surface area contributed by atoms with Crippen molar-refractivity contribution < 1.29 is 36.9 Å². The van der Waals surface area contributed by atoms with Crippen LogP contribution in [0.3, 0.4) is 0 Å². The van der Waals surface area contributed by atoms with Gasteiger partial charge in [-0.3, -0.25) is 9.59 Å². The molecule has 63 valence electrons. The van der Waals surface area contributed by atoms with Crippen LogP contribution in [0.5, 0.6) is 0 Å². The standard InChI is InChI=1S/2C2H4O2.BrH.Mn/c2*1-2(3)4;;/h2*1H3,(H,3,4);1H;. The van der Waals surface area contributed by atoms with Crippen LogP contribution in [0.25, 0.3) is 0 Å². The van der Waals surface area contributed by atoms with E-state index < -0.39 is 11.9 Å². The molecule has 0 aromatic rings. The zero-order chi connectivity index (χ0) is 7.15. The van der Waals surface area contributed by atoms with Gasteiger partial charge in [0.25, 0.3) is 11.9 Å². The summed E-state index contributed by atoms with van der Waals surface area (Å²) >= 11 is 0. The van der Waals surface area contributed by atoms with Crippen LogP contribution in [0.2, 0.25) is 0 Å². The molecule has 0 aliphatic rings. The minimum atomic E-state index is -0.833. The van der Waals surface area contributed by atoms with Crippen molar-refractivity contribution >= 4 is 28.9 Å². The molecule has 1 radical (unpaired) electrons. The maximum absolute atomic E-state index is 9.00. The molecule has 0 fully saturated rings. The topological polar surface area (TPSA) is 74.6 Å². The Morgan fingerprint density at radius 3 is 1.00 bits per heavy atom. The number of hydrogen-bond acceptors (Lipinski definition) is 2. The monoisotopic (exact) mass is 255 g/mol. The van der Waals surface area contributed by atoms with Crippen molar-refractivity contribution in [3.63, 3.8) is 0 Å². The minimum absolute atomic E-state index is 0. The average Bonchev–Trinajstić information content (AvgIpc) is 1.25. The fourth-order valence-electron chi connectivity index (χ4n) is 0.